The van der Waals surface area contributed by atoms with Crippen molar-refractivity contribution in [1.29, 1.82) is 0 Å². The number of nitrogens with one attached hydrogen (secondary N) is 3. The second kappa shape index (κ2) is 9.36. The number of benzene rings is 1. The number of piperidine rings is 1. The Labute approximate surface area is 150 Å². The molecule has 2 atom stereocenters. The van der Waals surface area contributed by atoms with E-state index in [1.165, 1.54) is 7.05 Å². The van der Waals surface area contributed by atoms with E-state index < -0.39 is 10.0 Å². The van der Waals surface area contributed by atoms with Crippen molar-refractivity contribution in [1.82, 2.24) is 15.4 Å². The average molecular weight is 376 g/mol. The van der Waals surface area contributed by atoms with Crippen molar-refractivity contribution in [3.63, 3.8) is 0 Å². The molecular formula is C16H26ClN3O3S. The predicted molar refractivity (Wildman–Crippen MR) is 96.9 cm³/mol. The first-order chi connectivity index (χ1) is 10.9. The van der Waals surface area contributed by atoms with Crippen LogP contribution in [-0.2, 0) is 21.2 Å². The van der Waals surface area contributed by atoms with Gasteiger partial charge in [0.05, 0.1) is 4.90 Å². The van der Waals surface area contributed by atoms with E-state index >= 15 is 0 Å². The zero-order chi connectivity index (χ0) is 16.9. The van der Waals surface area contributed by atoms with Crippen LogP contribution in [0.3, 0.4) is 0 Å². The molecule has 1 aromatic rings. The molecule has 24 heavy (non-hydrogen) atoms. The number of amides is 1. The maximum absolute atomic E-state index is 12.0. The zero-order valence-electron chi connectivity index (χ0n) is 14.0. The Morgan fingerprint density at radius 1 is 1.29 bits per heavy atom. The van der Waals surface area contributed by atoms with Gasteiger partial charge >= 0.3 is 0 Å². The molecule has 0 radical (unpaired) electrons. The summed E-state index contributed by atoms with van der Waals surface area (Å²) in [5, 5.41) is 6.44. The third-order valence-corrected chi connectivity index (χ3v) is 5.56. The van der Waals surface area contributed by atoms with E-state index in [1.54, 1.807) is 24.3 Å². The van der Waals surface area contributed by atoms with E-state index in [1.807, 2.05) is 0 Å². The summed E-state index contributed by atoms with van der Waals surface area (Å²) in [5.74, 6) is 0.0519. The van der Waals surface area contributed by atoms with Gasteiger partial charge in [0.2, 0.25) is 15.9 Å². The second-order valence-electron chi connectivity index (χ2n) is 6.00. The van der Waals surface area contributed by atoms with E-state index in [2.05, 4.69) is 22.3 Å². The minimum Gasteiger partial charge on any atom is -0.353 e. The fourth-order valence-electron chi connectivity index (χ4n) is 2.77. The van der Waals surface area contributed by atoms with Crippen molar-refractivity contribution >= 4 is 28.3 Å². The van der Waals surface area contributed by atoms with Crippen molar-refractivity contribution in [2.24, 2.45) is 0 Å². The van der Waals surface area contributed by atoms with Gasteiger partial charge in [-0.05, 0) is 57.5 Å². The molecule has 2 unspecified atom stereocenters. The van der Waals surface area contributed by atoms with E-state index in [-0.39, 0.29) is 29.3 Å². The molecule has 1 aliphatic heterocycles. The summed E-state index contributed by atoms with van der Waals surface area (Å²) in [6.45, 7) is 3.06. The predicted octanol–water partition coefficient (Wildman–Crippen LogP) is 1.21. The van der Waals surface area contributed by atoms with Gasteiger partial charge in [-0.1, -0.05) is 12.1 Å². The summed E-state index contributed by atoms with van der Waals surface area (Å²) in [7, 11) is -2.02. The Balaban J connectivity index is 0.00000288. The summed E-state index contributed by atoms with van der Waals surface area (Å²) < 4.78 is 25.6. The third-order valence-electron chi connectivity index (χ3n) is 4.13. The first-order valence-electron chi connectivity index (χ1n) is 7.96. The highest BCUT2D eigenvalue weighted by atomic mass is 35.5. The van der Waals surface area contributed by atoms with Gasteiger partial charge in [0.15, 0.2) is 0 Å². The number of carbonyl (C=O) groups is 1. The molecule has 1 heterocycles. The molecule has 3 N–H and O–H groups in total. The summed E-state index contributed by atoms with van der Waals surface area (Å²) in [5.41, 5.74) is 0.953. The Kier molecular flexibility index (Phi) is 8.15. The number of sulfonamides is 1. The van der Waals surface area contributed by atoms with Crippen LogP contribution in [-0.4, -0.2) is 40.0 Å². The summed E-state index contributed by atoms with van der Waals surface area (Å²) in [6, 6.07) is 7.33. The van der Waals surface area contributed by atoms with E-state index in [0.29, 0.717) is 18.9 Å². The average Bonchev–Trinajstić information content (AvgIpc) is 2.53. The first-order valence-corrected chi connectivity index (χ1v) is 9.44. The maximum atomic E-state index is 12.0. The molecule has 1 aliphatic rings. The smallest absolute Gasteiger partial charge is 0.240 e. The lowest BCUT2D eigenvalue weighted by Gasteiger charge is -2.28. The normalized spacial score (nSPS) is 20.9. The Hall–Kier alpha value is -1.15. The molecule has 1 amide bonds. The van der Waals surface area contributed by atoms with Crippen LogP contribution < -0.4 is 15.4 Å². The molecule has 1 aromatic carbocycles. The van der Waals surface area contributed by atoms with Crippen LogP contribution in [0.1, 0.15) is 31.7 Å². The monoisotopic (exact) mass is 375 g/mol. The van der Waals surface area contributed by atoms with Crippen LogP contribution >= 0.6 is 12.4 Å². The van der Waals surface area contributed by atoms with Gasteiger partial charge < -0.3 is 10.6 Å². The van der Waals surface area contributed by atoms with Crippen molar-refractivity contribution in [2.45, 2.75) is 49.6 Å². The molecule has 1 saturated heterocycles. The van der Waals surface area contributed by atoms with Crippen LogP contribution in [0, 0.1) is 0 Å². The largest absolute Gasteiger partial charge is 0.353 e. The molecule has 0 spiro atoms. The van der Waals surface area contributed by atoms with Crippen molar-refractivity contribution in [2.75, 3.05) is 13.6 Å². The topological polar surface area (TPSA) is 87.3 Å². The second-order valence-corrected chi connectivity index (χ2v) is 7.88. The van der Waals surface area contributed by atoms with E-state index in [4.69, 9.17) is 0 Å². The van der Waals surface area contributed by atoms with Gasteiger partial charge in [-0.15, -0.1) is 12.4 Å². The van der Waals surface area contributed by atoms with Crippen LogP contribution in [0.25, 0.3) is 0 Å². The summed E-state index contributed by atoms with van der Waals surface area (Å²) in [6.07, 6.45) is 2.94. The molecule has 0 saturated carbocycles. The number of aryl methyl sites for hydroxylation is 1. The summed E-state index contributed by atoms with van der Waals surface area (Å²) in [4.78, 5) is 12.3. The molecule has 0 aromatic heterocycles. The highest BCUT2D eigenvalue weighted by Gasteiger charge is 2.19. The van der Waals surface area contributed by atoms with Crippen molar-refractivity contribution in [3.8, 4) is 0 Å². The van der Waals surface area contributed by atoms with Gasteiger partial charge in [-0.25, -0.2) is 13.1 Å². The summed E-state index contributed by atoms with van der Waals surface area (Å²) >= 11 is 0. The fourth-order valence-corrected chi connectivity index (χ4v) is 3.50. The van der Waals surface area contributed by atoms with E-state index in [0.717, 1.165) is 24.9 Å². The number of hydrogen-bond donors (Lipinski definition) is 3. The maximum Gasteiger partial charge on any atom is 0.240 e. The molecule has 2 rings (SSSR count). The Bertz CT molecular complexity index is 634. The molecule has 136 valence electrons. The number of halogens is 1. The zero-order valence-corrected chi connectivity index (χ0v) is 15.7. The molecule has 0 aliphatic carbocycles. The quantitative estimate of drug-likeness (QED) is 0.697. The number of hydrogen-bond acceptors (Lipinski definition) is 4. The molecule has 8 heteroatoms. The third kappa shape index (κ3) is 6.05. The lowest BCUT2D eigenvalue weighted by molar-refractivity contribution is -0.122. The van der Waals surface area contributed by atoms with Crippen LogP contribution in [0.15, 0.2) is 29.2 Å². The Morgan fingerprint density at radius 3 is 2.54 bits per heavy atom. The number of rotatable bonds is 6. The standard InChI is InChI=1S/C16H25N3O3S.ClH/c1-12-11-14(9-10-18-12)19-16(20)8-5-13-3-6-15(7-4-13)23(21,22)17-2;/h3-4,6-7,12,14,17-18H,5,8-11H2,1-2H3,(H,19,20);1H. The van der Waals surface area contributed by atoms with E-state index in [9.17, 15) is 13.2 Å². The van der Waals surface area contributed by atoms with Crippen LogP contribution in [0.5, 0.6) is 0 Å². The van der Waals surface area contributed by atoms with Gasteiger partial charge in [0.1, 0.15) is 0 Å². The van der Waals surface area contributed by atoms with Crippen molar-refractivity contribution < 1.29 is 13.2 Å². The number of carbonyl (C=O) groups excluding carboxylic acids is 1. The highest BCUT2D eigenvalue weighted by molar-refractivity contribution is 7.89. The van der Waals surface area contributed by atoms with Gasteiger partial charge in [0, 0.05) is 18.5 Å². The minimum absolute atomic E-state index is 0. The van der Waals surface area contributed by atoms with Crippen LogP contribution in [0.2, 0.25) is 0 Å². The minimum atomic E-state index is -3.41. The molecular weight excluding hydrogens is 350 g/mol. The first kappa shape index (κ1) is 20.9. The fraction of sp³-hybridized carbons (Fsp3) is 0.562. The molecule has 6 nitrogen and oxygen atoms in total. The molecule has 1 fully saturated rings. The van der Waals surface area contributed by atoms with Gasteiger partial charge in [-0.3, -0.25) is 4.79 Å². The molecule has 0 bridgehead atoms. The lowest BCUT2D eigenvalue weighted by atomic mass is 10.0. The Morgan fingerprint density at radius 2 is 1.96 bits per heavy atom. The highest BCUT2D eigenvalue weighted by Crippen LogP contribution is 2.12. The lowest BCUT2D eigenvalue weighted by Crippen LogP contribution is -2.46. The van der Waals surface area contributed by atoms with Gasteiger partial charge in [0.25, 0.3) is 0 Å². The van der Waals surface area contributed by atoms with Gasteiger partial charge in [-0.2, -0.15) is 0 Å². The van der Waals surface area contributed by atoms with Crippen LogP contribution in [0.4, 0.5) is 0 Å². The SMILES string of the molecule is CNS(=O)(=O)c1ccc(CCC(=O)NC2CCNC(C)C2)cc1.Cl. The van der Waals surface area contributed by atoms with Crippen molar-refractivity contribution in [3.05, 3.63) is 29.8 Å².